The van der Waals surface area contributed by atoms with E-state index in [1.165, 1.54) is 21.2 Å². The summed E-state index contributed by atoms with van der Waals surface area (Å²) in [4.78, 5) is 10.5. The minimum atomic E-state index is 0.966. The summed E-state index contributed by atoms with van der Waals surface area (Å²) in [5.41, 5.74) is 5.59. The average molecular weight is 264 g/mol. The van der Waals surface area contributed by atoms with Gasteiger partial charge in [0.15, 0.2) is 0 Å². The van der Waals surface area contributed by atoms with Crippen LogP contribution in [0.3, 0.4) is 0 Å². The molecule has 2 aromatic carbocycles. The summed E-state index contributed by atoms with van der Waals surface area (Å²) in [5.74, 6) is 0. The number of rotatable bonds is 0. The number of fused-ring (bicyclic) bond motifs is 4. The van der Waals surface area contributed by atoms with E-state index in [9.17, 15) is 0 Å². The topological polar surface area (TPSA) is 25.8 Å². The molecule has 0 N–H and O–H groups in total. The Hall–Kier alpha value is -2.00. The highest BCUT2D eigenvalue weighted by molar-refractivity contribution is 7.25. The predicted octanol–water partition coefficient (Wildman–Crippen LogP) is 4.61. The lowest BCUT2D eigenvalue weighted by Crippen LogP contribution is -1.84. The van der Waals surface area contributed by atoms with Gasteiger partial charge >= 0.3 is 0 Å². The summed E-state index contributed by atoms with van der Waals surface area (Å²) in [5, 5.41) is 1.22. The Balaban J connectivity index is 2.22. The average Bonchev–Trinajstić information content (AvgIpc) is 2.74. The van der Waals surface area contributed by atoms with Gasteiger partial charge in [-0.15, -0.1) is 11.3 Å². The molecule has 3 heteroatoms. The highest BCUT2D eigenvalue weighted by Gasteiger charge is 2.10. The molecule has 0 aliphatic heterocycles. The molecule has 2 nitrogen and oxygen atoms in total. The van der Waals surface area contributed by atoms with Gasteiger partial charge in [-0.1, -0.05) is 12.1 Å². The Labute approximate surface area is 114 Å². The van der Waals surface area contributed by atoms with E-state index in [0.717, 1.165) is 21.4 Å². The lowest BCUT2D eigenvalue weighted by atomic mass is 10.1. The van der Waals surface area contributed by atoms with Gasteiger partial charge in [-0.3, -0.25) is 0 Å². The maximum absolute atomic E-state index is 4.78. The van der Waals surface area contributed by atoms with Crippen LogP contribution in [0.4, 0.5) is 0 Å². The van der Waals surface area contributed by atoms with Gasteiger partial charge in [-0.25, -0.2) is 9.97 Å². The fourth-order valence-corrected chi connectivity index (χ4v) is 3.50. The van der Waals surface area contributed by atoms with Gasteiger partial charge in [0.2, 0.25) is 0 Å². The van der Waals surface area contributed by atoms with Crippen molar-refractivity contribution in [3.63, 3.8) is 0 Å². The molecule has 0 saturated heterocycles. The van der Waals surface area contributed by atoms with Crippen molar-refractivity contribution in [2.75, 3.05) is 0 Å². The summed E-state index contributed by atoms with van der Waals surface area (Å²) in [7, 11) is 0. The lowest BCUT2D eigenvalue weighted by molar-refractivity contribution is 1.37. The van der Waals surface area contributed by atoms with Crippen molar-refractivity contribution in [3.05, 3.63) is 47.5 Å². The van der Waals surface area contributed by atoms with Gasteiger partial charge in [-0.2, -0.15) is 0 Å². The summed E-state index contributed by atoms with van der Waals surface area (Å²) < 4.78 is 1.27. The number of hydrogen-bond donors (Lipinski definition) is 0. The minimum absolute atomic E-state index is 0.966. The number of para-hydroxylation sites is 2. The quantitative estimate of drug-likeness (QED) is 0.463. The summed E-state index contributed by atoms with van der Waals surface area (Å²) in [6, 6.07) is 12.5. The number of hydrogen-bond acceptors (Lipinski definition) is 3. The van der Waals surface area contributed by atoms with Crippen molar-refractivity contribution in [2.45, 2.75) is 13.8 Å². The van der Waals surface area contributed by atoms with Crippen molar-refractivity contribution >= 4 is 42.8 Å². The van der Waals surface area contributed by atoms with Crippen LogP contribution in [0.25, 0.3) is 31.5 Å². The molecule has 0 bridgehead atoms. The maximum Gasteiger partial charge on any atom is 0.143 e. The second-order valence-corrected chi connectivity index (χ2v) is 5.93. The number of benzene rings is 2. The van der Waals surface area contributed by atoms with Crippen LogP contribution >= 0.6 is 11.3 Å². The molecule has 0 atom stereocenters. The summed E-state index contributed by atoms with van der Waals surface area (Å²) >= 11 is 1.73. The molecule has 2 aromatic heterocycles. The Morgan fingerprint density at radius 2 is 1.58 bits per heavy atom. The monoisotopic (exact) mass is 264 g/mol. The SMILES string of the molecule is Cc1cc2sc3nc4ccccc4nc3c2cc1C. The van der Waals surface area contributed by atoms with E-state index >= 15 is 0 Å². The first-order valence-electron chi connectivity index (χ1n) is 6.28. The lowest BCUT2D eigenvalue weighted by Gasteiger charge is -1.99. The molecule has 0 radical (unpaired) electrons. The van der Waals surface area contributed by atoms with Crippen molar-refractivity contribution in [2.24, 2.45) is 0 Å². The zero-order chi connectivity index (χ0) is 13.0. The number of nitrogens with zero attached hydrogens (tertiary/aromatic N) is 2. The third kappa shape index (κ3) is 1.55. The molecule has 4 aromatic rings. The van der Waals surface area contributed by atoms with Gasteiger partial charge in [0, 0.05) is 10.1 Å². The van der Waals surface area contributed by atoms with E-state index in [4.69, 9.17) is 9.97 Å². The fraction of sp³-hybridized carbons (Fsp3) is 0.125. The van der Waals surface area contributed by atoms with Crippen LogP contribution in [0.5, 0.6) is 0 Å². The Bertz CT molecular complexity index is 938. The van der Waals surface area contributed by atoms with E-state index in [0.29, 0.717) is 0 Å². The molecule has 0 aliphatic carbocycles. The normalized spacial score (nSPS) is 11.7. The maximum atomic E-state index is 4.78. The van der Waals surface area contributed by atoms with Gasteiger partial charge in [0.05, 0.1) is 11.0 Å². The van der Waals surface area contributed by atoms with Crippen LogP contribution in [0.1, 0.15) is 11.1 Å². The minimum Gasteiger partial charge on any atom is -0.243 e. The highest BCUT2D eigenvalue weighted by Crippen LogP contribution is 2.34. The summed E-state index contributed by atoms with van der Waals surface area (Å²) in [6.45, 7) is 4.29. The summed E-state index contributed by atoms with van der Waals surface area (Å²) in [6.07, 6.45) is 0. The van der Waals surface area contributed by atoms with Crippen molar-refractivity contribution in [1.82, 2.24) is 9.97 Å². The third-order valence-corrected chi connectivity index (χ3v) is 4.63. The highest BCUT2D eigenvalue weighted by atomic mass is 32.1. The zero-order valence-electron chi connectivity index (χ0n) is 10.8. The molecule has 19 heavy (non-hydrogen) atoms. The molecule has 0 unspecified atom stereocenters. The van der Waals surface area contributed by atoms with Crippen LogP contribution in [0.15, 0.2) is 36.4 Å². The van der Waals surface area contributed by atoms with Crippen LogP contribution in [0, 0.1) is 13.8 Å². The molecule has 0 spiro atoms. The van der Waals surface area contributed by atoms with Crippen molar-refractivity contribution in [1.29, 1.82) is 0 Å². The number of thiophene rings is 1. The van der Waals surface area contributed by atoms with Crippen molar-refractivity contribution in [3.8, 4) is 0 Å². The molecule has 4 rings (SSSR count). The largest absolute Gasteiger partial charge is 0.243 e. The number of aromatic nitrogens is 2. The molecular weight excluding hydrogens is 252 g/mol. The van der Waals surface area contributed by atoms with E-state index in [2.05, 4.69) is 26.0 Å². The van der Waals surface area contributed by atoms with E-state index in [1.54, 1.807) is 11.3 Å². The standard InChI is InChI=1S/C16H12N2S/c1-9-7-11-14(8-10(9)2)19-16-15(11)17-12-5-3-4-6-13(12)18-16/h3-8H,1-2H3. The van der Waals surface area contributed by atoms with Gasteiger partial charge in [0.1, 0.15) is 10.3 Å². The predicted molar refractivity (Wildman–Crippen MR) is 81.9 cm³/mol. The Kier molecular flexibility index (Phi) is 2.15. The third-order valence-electron chi connectivity index (χ3n) is 3.60. The second kappa shape index (κ2) is 3.75. The van der Waals surface area contributed by atoms with Crippen LogP contribution in [-0.2, 0) is 0 Å². The van der Waals surface area contributed by atoms with Gasteiger partial charge in [0.25, 0.3) is 0 Å². The van der Waals surface area contributed by atoms with Crippen LogP contribution in [0.2, 0.25) is 0 Å². The number of aryl methyl sites for hydroxylation is 2. The van der Waals surface area contributed by atoms with E-state index in [-0.39, 0.29) is 0 Å². The fourth-order valence-electron chi connectivity index (χ4n) is 2.39. The first-order chi connectivity index (χ1) is 9.22. The van der Waals surface area contributed by atoms with Crippen molar-refractivity contribution < 1.29 is 0 Å². The Morgan fingerprint density at radius 1 is 0.895 bits per heavy atom. The molecular formula is C16H12N2S. The second-order valence-electron chi connectivity index (χ2n) is 4.90. The smallest absolute Gasteiger partial charge is 0.143 e. The molecule has 0 amide bonds. The van der Waals surface area contributed by atoms with Gasteiger partial charge in [-0.05, 0) is 49.2 Å². The molecule has 2 heterocycles. The molecule has 0 saturated carbocycles. The van der Waals surface area contributed by atoms with Crippen LogP contribution < -0.4 is 0 Å². The van der Waals surface area contributed by atoms with Crippen LogP contribution in [-0.4, -0.2) is 9.97 Å². The first-order valence-corrected chi connectivity index (χ1v) is 7.10. The van der Waals surface area contributed by atoms with E-state index in [1.807, 2.05) is 24.3 Å². The van der Waals surface area contributed by atoms with Gasteiger partial charge < -0.3 is 0 Å². The zero-order valence-corrected chi connectivity index (χ0v) is 11.6. The molecule has 92 valence electrons. The molecule has 0 aliphatic rings. The van der Waals surface area contributed by atoms with E-state index < -0.39 is 0 Å². The molecule has 0 fully saturated rings. The Morgan fingerprint density at radius 3 is 2.37 bits per heavy atom. The first kappa shape index (κ1) is 10.9.